The number of morpholine rings is 1. The van der Waals surface area contributed by atoms with Crippen LogP contribution in [0.4, 0.5) is 16.0 Å². The molecule has 4 aromatic rings. The van der Waals surface area contributed by atoms with E-state index in [0.29, 0.717) is 19.1 Å². The molecule has 0 saturated carbocycles. The van der Waals surface area contributed by atoms with Crippen LogP contribution in [0.3, 0.4) is 0 Å². The second-order valence-electron chi connectivity index (χ2n) is 7.07. The number of para-hydroxylation sites is 1. The van der Waals surface area contributed by atoms with E-state index in [1.807, 2.05) is 36.4 Å². The maximum Gasteiger partial charge on any atom is 0.227 e. The molecule has 1 aliphatic heterocycles. The zero-order chi connectivity index (χ0) is 20.3. The fourth-order valence-corrected chi connectivity index (χ4v) is 3.65. The van der Waals surface area contributed by atoms with E-state index >= 15 is 0 Å². The number of benzene rings is 2. The number of rotatable bonds is 4. The van der Waals surface area contributed by atoms with Crippen molar-refractivity contribution < 1.29 is 9.13 Å². The van der Waals surface area contributed by atoms with Gasteiger partial charge in [0.1, 0.15) is 11.9 Å². The summed E-state index contributed by atoms with van der Waals surface area (Å²) in [6.45, 7) is 2.18. The van der Waals surface area contributed by atoms with Gasteiger partial charge in [0.15, 0.2) is 0 Å². The number of ether oxygens (including phenoxy) is 1. The topological polar surface area (TPSA) is 72.0 Å². The molecule has 5 rings (SSSR count). The summed E-state index contributed by atoms with van der Waals surface area (Å²) in [6.07, 6.45) is 3.38. The molecule has 1 fully saturated rings. The van der Waals surface area contributed by atoms with Crippen LogP contribution in [0.2, 0.25) is 0 Å². The van der Waals surface area contributed by atoms with E-state index in [2.05, 4.69) is 20.6 Å². The fraction of sp³-hybridized carbons (Fsp3) is 0.174. The summed E-state index contributed by atoms with van der Waals surface area (Å²) < 4.78 is 19.6. The highest BCUT2D eigenvalue weighted by molar-refractivity contribution is 5.93. The first kappa shape index (κ1) is 18.6. The molecule has 1 aliphatic rings. The van der Waals surface area contributed by atoms with Crippen LogP contribution in [0.1, 0.15) is 11.8 Å². The molecule has 0 amide bonds. The molecule has 30 heavy (non-hydrogen) atoms. The van der Waals surface area contributed by atoms with Gasteiger partial charge >= 0.3 is 0 Å². The molecular formula is C23H20FN5O. The average molecular weight is 401 g/mol. The molecule has 150 valence electrons. The van der Waals surface area contributed by atoms with Crippen molar-refractivity contribution in [2.45, 2.75) is 6.10 Å². The lowest BCUT2D eigenvalue weighted by atomic mass is 10.0. The van der Waals surface area contributed by atoms with E-state index in [0.717, 1.165) is 40.0 Å². The first-order chi connectivity index (χ1) is 14.8. The summed E-state index contributed by atoms with van der Waals surface area (Å²) in [4.78, 5) is 13.7. The largest absolute Gasteiger partial charge is 0.369 e. The van der Waals surface area contributed by atoms with Crippen molar-refractivity contribution in [3.63, 3.8) is 0 Å². The molecule has 2 aromatic carbocycles. The van der Waals surface area contributed by atoms with Crippen LogP contribution in [0, 0.1) is 5.82 Å². The first-order valence-corrected chi connectivity index (χ1v) is 9.84. The Balaban J connectivity index is 1.53. The van der Waals surface area contributed by atoms with Crippen LogP contribution in [0.25, 0.3) is 22.0 Å². The second-order valence-corrected chi connectivity index (χ2v) is 7.07. The molecule has 1 saturated heterocycles. The fourth-order valence-electron chi connectivity index (χ4n) is 3.65. The molecule has 3 heterocycles. The number of hydrogen-bond donors (Lipinski definition) is 2. The van der Waals surface area contributed by atoms with Crippen molar-refractivity contribution >= 4 is 22.5 Å². The minimum Gasteiger partial charge on any atom is -0.369 e. The first-order valence-electron chi connectivity index (χ1n) is 9.84. The Morgan fingerprint density at radius 1 is 1.07 bits per heavy atom. The predicted molar refractivity (Wildman–Crippen MR) is 114 cm³/mol. The number of nitrogens with one attached hydrogen (secondary N) is 2. The van der Waals surface area contributed by atoms with Crippen LogP contribution in [0.15, 0.2) is 67.0 Å². The summed E-state index contributed by atoms with van der Waals surface area (Å²) >= 11 is 0. The Morgan fingerprint density at radius 3 is 2.87 bits per heavy atom. The molecule has 0 radical (unpaired) electrons. The van der Waals surface area contributed by atoms with Gasteiger partial charge in [0.25, 0.3) is 0 Å². The number of anilines is 2. The van der Waals surface area contributed by atoms with E-state index in [-0.39, 0.29) is 11.9 Å². The van der Waals surface area contributed by atoms with Gasteiger partial charge in [-0.2, -0.15) is 0 Å². The van der Waals surface area contributed by atoms with Crippen LogP contribution >= 0.6 is 0 Å². The Bertz CT molecular complexity index is 1190. The zero-order valence-corrected chi connectivity index (χ0v) is 16.2. The normalized spacial score (nSPS) is 16.5. The number of aromatic nitrogens is 3. The lowest BCUT2D eigenvalue weighted by Gasteiger charge is -2.24. The van der Waals surface area contributed by atoms with Gasteiger partial charge in [-0.3, -0.25) is 4.98 Å². The predicted octanol–water partition coefficient (Wildman–Crippen LogP) is 4.24. The van der Waals surface area contributed by atoms with Crippen molar-refractivity contribution in [3.05, 3.63) is 78.5 Å². The number of pyridine rings is 1. The van der Waals surface area contributed by atoms with Gasteiger partial charge in [-0.15, -0.1) is 0 Å². The minimum absolute atomic E-state index is 0.134. The molecule has 1 unspecified atom stereocenters. The van der Waals surface area contributed by atoms with Gasteiger partial charge in [-0.1, -0.05) is 30.3 Å². The Hall–Kier alpha value is -3.42. The summed E-state index contributed by atoms with van der Waals surface area (Å²) in [5.74, 6) is 0.169. The van der Waals surface area contributed by atoms with Gasteiger partial charge < -0.3 is 15.4 Å². The number of nitrogens with zero attached hydrogens (tertiary/aromatic N) is 3. The van der Waals surface area contributed by atoms with Crippen LogP contribution < -0.4 is 10.6 Å². The zero-order valence-electron chi connectivity index (χ0n) is 16.2. The lowest BCUT2D eigenvalue weighted by Crippen LogP contribution is -2.34. The SMILES string of the molecule is Fc1cccc(-c2cccc3cnc(Nc4cccnc4C4CNCCO4)nc23)c1. The Morgan fingerprint density at radius 2 is 2.00 bits per heavy atom. The highest BCUT2D eigenvalue weighted by atomic mass is 19.1. The summed E-state index contributed by atoms with van der Waals surface area (Å²) in [7, 11) is 0. The summed E-state index contributed by atoms with van der Waals surface area (Å²) in [5.41, 5.74) is 3.99. The molecule has 2 aromatic heterocycles. The van der Waals surface area contributed by atoms with Crippen molar-refractivity contribution in [1.82, 2.24) is 20.3 Å². The van der Waals surface area contributed by atoms with E-state index in [1.54, 1.807) is 18.5 Å². The highest BCUT2D eigenvalue weighted by Gasteiger charge is 2.20. The molecule has 1 atom stereocenters. The van der Waals surface area contributed by atoms with Gasteiger partial charge in [-0.05, 0) is 29.8 Å². The van der Waals surface area contributed by atoms with Gasteiger partial charge in [-0.25, -0.2) is 14.4 Å². The molecule has 7 heteroatoms. The molecular weight excluding hydrogens is 381 g/mol. The number of fused-ring (bicyclic) bond motifs is 1. The van der Waals surface area contributed by atoms with E-state index < -0.39 is 0 Å². The van der Waals surface area contributed by atoms with E-state index in [9.17, 15) is 4.39 Å². The maximum atomic E-state index is 13.8. The number of hydrogen-bond acceptors (Lipinski definition) is 6. The quantitative estimate of drug-likeness (QED) is 0.533. The monoisotopic (exact) mass is 401 g/mol. The Kier molecular flexibility index (Phi) is 5.04. The second kappa shape index (κ2) is 8.14. The van der Waals surface area contributed by atoms with Crippen molar-refractivity contribution in [2.75, 3.05) is 25.0 Å². The smallest absolute Gasteiger partial charge is 0.227 e. The van der Waals surface area contributed by atoms with Gasteiger partial charge in [0, 0.05) is 36.4 Å². The van der Waals surface area contributed by atoms with Crippen LogP contribution in [-0.2, 0) is 4.74 Å². The molecule has 2 N–H and O–H groups in total. The lowest BCUT2D eigenvalue weighted by molar-refractivity contribution is 0.0255. The van der Waals surface area contributed by atoms with Crippen molar-refractivity contribution in [3.8, 4) is 11.1 Å². The third-order valence-electron chi connectivity index (χ3n) is 5.06. The van der Waals surface area contributed by atoms with Gasteiger partial charge in [0.05, 0.1) is 23.5 Å². The Labute approximate surface area is 173 Å². The third kappa shape index (κ3) is 3.72. The molecule has 0 spiro atoms. The van der Waals surface area contributed by atoms with Crippen molar-refractivity contribution in [2.24, 2.45) is 0 Å². The van der Waals surface area contributed by atoms with E-state index in [4.69, 9.17) is 9.72 Å². The summed E-state index contributed by atoms with van der Waals surface area (Å²) in [5, 5.41) is 7.49. The molecule has 0 bridgehead atoms. The maximum absolute atomic E-state index is 13.8. The van der Waals surface area contributed by atoms with E-state index in [1.165, 1.54) is 12.1 Å². The third-order valence-corrected chi connectivity index (χ3v) is 5.06. The molecule has 0 aliphatic carbocycles. The van der Waals surface area contributed by atoms with Crippen molar-refractivity contribution in [1.29, 1.82) is 0 Å². The number of halogens is 1. The van der Waals surface area contributed by atoms with Crippen LogP contribution in [-0.4, -0.2) is 34.6 Å². The van der Waals surface area contributed by atoms with Crippen LogP contribution in [0.5, 0.6) is 0 Å². The standard InChI is InChI=1S/C23H20FN5O/c24-17-6-1-4-15(12-17)18-7-2-5-16-13-27-23(29-21(16)18)28-19-8-3-9-26-22(19)20-14-25-10-11-30-20/h1-9,12-13,20,25H,10-11,14H2,(H,27,28,29). The molecule has 6 nitrogen and oxygen atoms in total. The van der Waals surface area contributed by atoms with Gasteiger partial charge in [0.2, 0.25) is 5.95 Å². The highest BCUT2D eigenvalue weighted by Crippen LogP contribution is 2.30. The summed E-state index contributed by atoms with van der Waals surface area (Å²) in [6, 6.07) is 16.1. The average Bonchev–Trinajstić information content (AvgIpc) is 2.80. The minimum atomic E-state index is -0.280.